The van der Waals surface area contributed by atoms with Crippen LogP contribution in [0.15, 0.2) is 54.6 Å². The van der Waals surface area contributed by atoms with E-state index in [2.05, 4.69) is 32.6 Å². The Bertz CT molecular complexity index is 1070. The molecule has 0 atom stereocenters. The average Bonchev–Trinajstić information content (AvgIpc) is 2.83. The van der Waals surface area contributed by atoms with Crippen LogP contribution in [0.2, 0.25) is 0 Å². The normalized spacial score (nSPS) is 14.2. The highest BCUT2D eigenvalue weighted by atomic mass is 16.2. The summed E-state index contributed by atoms with van der Waals surface area (Å²) >= 11 is 0. The quantitative estimate of drug-likeness (QED) is 0.567. The maximum Gasteiger partial charge on any atom is 0.253 e. The molecule has 0 radical (unpaired) electrons. The molecule has 0 spiro atoms. The molecule has 166 valence electrons. The molecule has 1 aromatic heterocycles. The van der Waals surface area contributed by atoms with Gasteiger partial charge in [0, 0.05) is 48.6 Å². The van der Waals surface area contributed by atoms with Crippen molar-refractivity contribution in [1.29, 1.82) is 0 Å². The van der Waals surface area contributed by atoms with E-state index >= 15 is 0 Å². The average molecular weight is 429 g/mol. The van der Waals surface area contributed by atoms with E-state index in [0.29, 0.717) is 19.0 Å². The summed E-state index contributed by atoms with van der Waals surface area (Å²) in [4.78, 5) is 27.1. The minimum atomic E-state index is 0.111. The van der Waals surface area contributed by atoms with Crippen molar-refractivity contribution in [3.63, 3.8) is 0 Å². The third kappa shape index (κ3) is 4.52. The maximum atomic E-state index is 13.0. The van der Waals surface area contributed by atoms with Crippen molar-refractivity contribution in [3.05, 3.63) is 77.0 Å². The zero-order valence-corrected chi connectivity index (χ0v) is 19.5. The first-order valence-electron chi connectivity index (χ1n) is 11.5. The zero-order chi connectivity index (χ0) is 22.7. The number of carbonyl (C=O) groups excluding carboxylic acids is 1. The number of aromatic nitrogens is 2. The van der Waals surface area contributed by atoms with Gasteiger partial charge in [0.25, 0.3) is 5.91 Å². The molecule has 0 aliphatic carbocycles. The number of aryl methyl sites for hydroxylation is 2. The van der Waals surface area contributed by atoms with Gasteiger partial charge in [0.1, 0.15) is 5.82 Å². The van der Waals surface area contributed by atoms with Gasteiger partial charge < -0.3 is 9.80 Å². The first kappa shape index (κ1) is 22.0. The highest BCUT2D eigenvalue weighted by molar-refractivity contribution is 5.94. The molecule has 2 aromatic carbocycles. The van der Waals surface area contributed by atoms with Gasteiger partial charge in [0.15, 0.2) is 5.82 Å². The molecule has 1 aliphatic rings. The zero-order valence-electron chi connectivity index (χ0n) is 19.5. The van der Waals surface area contributed by atoms with E-state index in [4.69, 9.17) is 9.97 Å². The number of carbonyl (C=O) groups is 1. The molecule has 4 rings (SSSR count). The number of hydrogen-bond acceptors (Lipinski definition) is 4. The van der Waals surface area contributed by atoms with Crippen molar-refractivity contribution in [2.75, 3.05) is 31.1 Å². The van der Waals surface area contributed by atoms with Crippen molar-refractivity contribution in [1.82, 2.24) is 14.9 Å². The van der Waals surface area contributed by atoms with E-state index in [0.717, 1.165) is 48.0 Å². The lowest BCUT2D eigenvalue weighted by Crippen LogP contribution is -2.49. The number of amides is 1. The van der Waals surface area contributed by atoms with Crippen molar-refractivity contribution in [2.45, 2.75) is 40.0 Å². The highest BCUT2D eigenvalue weighted by Gasteiger charge is 2.26. The molecule has 5 heteroatoms. The molecule has 1 fully saturated rings. The van der Waals surface area contributed by atoms with E-state index in [1.807, 2.05) is 59.5 Å². The minimum Gasteiger partial charge on any atom is -0.353 e. The molecule has 0 saturated carbocycles. The molecular formula is C27H32N4O. The van der Waals surface area contributed by atoms with Crippen LogP contribution in [0.3, 0.4) is 0 Å². The Morgan fingerprint density at radius 3 is 2.19 bits per heavy atom. The van der Waals surface area contributed by atoms with Gasteiger partial charge >= 0.3 is 0 Å². The van der Waals surface area contributed by atoms with Gasteiger partial charge in [-0.15, -0.1) is 0 Å². The Labute approximate surface area is 191 Å². The Hall–Kier alpha value is -3.21. The third-order valence-corrected chi connectivity index (χ3v) is 6.20. The fraction of sp³-hybridized carbons (Fsp3) is 0.370. The standard InChI is InChI=1S/C27H32N4O/c1-5-21-11-13-23(14-12-21)27(32)31-17-15-30(16-18-31)26-24(19(2)3)20(4)28-25(29-26)22-9-7-6-8-10-22/h6-14,19H,5,15-18H2,1-4H3. The number of rotatable bonds is 5. The molecule has 2 heterocycles. The van der Waals surface area contributed by atoms with Crippen LogP contribution < -0.4 is 4.90 Å². The molecule has 1 aliphatic heterocycles. The largest absolute Gasteiger partial charge is 0.353 e. The van der Waals surface area contributed by atoms with Crippen molar-refractivity contribution in [2.24, 2.45) is 0 Å². The Balaban J connectivity index is 1.55. The van der Waals surface area contributed by atoms with Gasteiger partial charge in [0.2, 0.25) is 0 Å². The molecule has 3 aromatic rings. The van der Waals surface area contributed by atoms with Crippen LogP contribution in [0.25, 0.3) is 11.4 Å². The van der Waals surface area contributed by atoms with Crippen LogP contribution in [-0.4, -0.2) is 47.0 Å². The van der Waals surface area contributed by atoms with Gasteiger partial charge in [-0.25, -0.2) is 9.97 Å². The fourth-order valence-corrected chi connectivity index (χ4v) is 4.39. The van der Waals surface area contributed by atoms with Crippen LogP contribution >= 0.6 is 0 Å². The molecular weight excluding hydrogens is 396 g/mol. The summed E-state index contributed by atoms with van der Waals surface area (Å²) in [5.41, 5.74) is 5.26. The molecule has 0 N–H and O–H groups in total. The summed E-state index contributed by atoms with van der Waals surface area (Å²) in [6, 6.07) is 18.1. The lowest BCUT2D eigenvalue weighted by atomic mass is 10.0. The smallest absolute Gasteiger partial charge is 0.253 e. The molecule has 32 heavy (non-hydrogen) atoms. The van der Waals surface area contributed by atoms with Gasteiger partial charge in [0.05, 0.1) is 0 Å². The van der Waals surface area contributed by atoms with E-state index in [1.165, 1.54) is 11.1 Å². The summed E-state index contributed by atoms with van der Waals surface area (Å²) in [7, 11) is 0. The SMILES string of the molecule is CCc1ccc(C(=O)N2CCN(c3nc(-c4ccccc4)nc(C)c3C(C)C)CC2)cc1. The van der Waals surface area contributed by atoms with Crippen molar-refractivity contribution in [3.8, 4) is 11.4 Å². The molecule has 1 amide bonds. The first-order chi connectivity index (χ1) is 15.5. The maximum absolute atomic E-state index is 13.0. The third-order valence-electron chi connectivity index (χ3n) is 6.20. The number of nitrogens with zero attached hydrogens (tertiary/aromatic N) is 4. The van der Waals surface area contributed by atoms with E-state index in [-0.39, 0.29) is 5.91 Å². The van der Waals surface area contributed by atoms with Gasteiger partial charge in [-0.3, -0.25) is 4.79 Å². The Morgan fingerprint density at radius 1 is 0.938 bits per heavy atom. The van der Waals surface area contributed by atoms with Gasteiger partial charge in [-0.1, -0.05) is 63.2 Å². The lowest BCUT2D eigenvalue weighted by Gasteiger charge is -2.37. The summed E-state index contributed by atoms with van der Waals surface area (Å²) in [6.45, 7) is 11.5. The fourth-order valence-electron chi connectivity index (χ4n) is 4.39. The van der Waals surface area contributed by atoms with Crippen LogP contribution in [0.5, 0.6) is 0 Å². The number of hydrogen-bond donors (Lipinski definition) is 0. The van der Waals surface area contributed by atoms with Crippen LogP contribution in [0.4, 0.5) is 5.82 Å². The second-order valence-corrected chi connectivity index (χ2v) is 8.72. The second-order valence-electron chi connectivity index (χ2n) is 8.72. The van der Waals surface area contributed by atoms with Crippen molar-refractivity contribution < 1.29 is 4.79 Å². The molecule has 0 bridgehead atoms. The molecule has 1 saturated heterocycles. The highest BCUT2D eigenvalue weighted by Crippen LogP contribution is 2.31. The minimum absolute atomic E-state index is 0.111. The van der Waals surface area contributed by atoms with E-state index in [9.17, 15) is 4.79 Å². The summed E-state index contributed by atoms with van der Waals surface area (Å²) < 4.78 is 0. The Kier molecular flexibility index (Phi) is 6.54. The summed E-state index contributed by atoms with van der Waals surface area (Å²) in [6.07, 6.45) is 0.981. The van der Waals surface area contributed by atoms with Crippen LogP contribution in [0.1, 0.15) is 53.9 Å². The second kappa shape index (κ2) is 9.51. The number of benzene rings is 2. The van der Waals surface area contributed by atoms with Crippen LogP contribution in [0, 0.1) is 6.92 Å². The van der Waals surface area contributed by atoms with Crippen molar-refractivity contribution >= 4 is 11.7 Å². The van der Waals surface area contributed by atoms with Gasteiger partial charge in [-0.05, 0) is 37.0 Å². The van der Waals surface area contributed by atoms with Gasteiger partial charge in [-0.2, -0.15) is 0 Å². The first-order valence-corrected chi connectivity index (χ1v) is 11.5. The molecule has 5 nitrogen and oxygen atoms in total. The van der Waals surface area contributed by atoms with E-state index in [1.54, 1.807) is 0 Å². The monoisotopic (exact) mass is 428 g/mol. The topological polar surface area (TPSA) is 49.3 Å². The van der Waals surface area contributed by atoms with Crippen LogP contribution in [-0.2, 0) is 6.42 Å². The summed E-state index contributed by atoms with van der Waals surface area (Å²) in [5, 5.41) is 0. The molecule has 0 unspecified atom stereocenters. The number of anilines is 1. The number of piperazine rings is 1. The predicted molar refractivity (Wildman–Crippen MR) is 130 cm³/mol. The summed E-state index contributed by atoms with van der Waals surface area (Å²) in [5.74, 6) is 2.20. The van der Waals surface area contributed by atoms with E-state index < -0.39 is 0 Å². The Morgan fingerprint density at radius 2 is 1.59 bits per heavy atom. The lowest BCUT2D eigenvalue weighted by molar-refractivity contribution is 0.0746. The predicted octanol–water partition coefficient (Wildman–Crippen LogP) is 5.10.